The first-order valence-corrected chi connectivity index (χ1v) is 4.55. The molecule has 0 N–H and O–H groups in total. The third-order valence-corrected chi connectivity index (χ3v) is 2.38. The Morgan fingerprint density at radius 3 is 2.86 bits per heavy atom. The van der Waals surface area contributed by atoms with E-state index in [2.05, 4.69) is 4.99 Å². The highest BCUT2D eigenvalue weighted by atomic mass is 19.1. The van der Waals surface area contributed by atoms with Crippen molar-refractivity contribution in [2.75, 3.05) is 6.67 Å². The molecule has 0 aromatic heterocycles. The van der Waals surface area contributed by atoms with Gasteiger partial charge in [0.05, 0.1) is 5.69 Å². The summed E-state index contributed by atoms with van der Waals surface area (Å²) in [5, 5.41) is 0. The van der Waals surface area contributed by atoms with Crippen LogP contribution in [0.4, 0.5) is 10.1 Å². The lowest BCUT2D eigenvalue weighted by Gasteiger charge is -2.32. The maximum atomic E-state index is 12.9. The van der Waals surface area contributed by atoms with E-state index in [0.29, 0.717) is 5.90 Å². The molecule has 0 saturated carbocycles. The van der Waals surface area contributed by atoms with Crippen molar-refractivity contribution in [3.8, 4) is 0 Å². The molecule has 0 radical (unpaired) electrons. The molecule has 0 amide bonds. The van der Waals surface area contributed by atoms with Gasteiger partial charge in [-0.15, -0.1) is 0 Å². The Hall–Kier alpha value is -1.38. The number of fused-ring (bicyclic) bond motifs is 1. The largest absolute Gasteiger partial charge is 0.467 e. The van der Waals surface area contributed by atoms with Gasteiger partial charge in [-0.3, -0.25) is 0 Å². The van der Waals surface area contributed by atoms with Crippen molar-refractivity contribution in [3.05, 3.63) is 29.8 Å². The number of hydrogen-bond acceptors (Lipinski definition) is 2. The van der Waals surface area contributed by atoms with Crippen LogP contribution >= 0.6 is 0 Å². The number of ether oxygens (including phenoxy) is 1. The molecule has 1 aliphatic heterocycles. The van der Waals surface area contributed by atoms with Crippen LogP contribution in [-0.4, -0.2) is 12.6 Å². The third-order valence-electron chi connectivity index (χ3n) is 2.38. The van der Waals surface area contributed by atoms with Crippen molar-refractivity contribution in [2.24, 2.45) is 4.99 Å². The van der Waals surface area contributed by atoms with Gasteiger partial charge in [-0.25, -0.2) is 9.38 Å². The fraction of sp³-hybridized carbons (Fsp3) is 0.364. The smallest absolute Gasteiger partial charge is 0.186 e. The predicted molar refractivity (Wildman–Crippen MR) is 53.6 cm³/mol. The number of aliphatic imine (C=N–C) groups is 1. The summed E-state index contributed by atoms with van der Waals surface area (Å²) in [6.45, 7) is 2.94. The minimum Gasteiger partial charge on any atom is -0.467 e. The Bertz CT molecular complexity index is 389. The van der Waals surface area contributed by atoms with Crippen LogP contribution in [0.3, 0.4) is 0 Å². The Morgan fingerprint density at radius 2 is 2.14 bits per heavy atom. The van der Waals surface area contributed by atoms with E-state index in [1.165, 1.54) is 0 Å². The molecule has 0 bridgehead atoms. The predicted octanol–water partition coefficient (Wildman–Crippen LogP) is 2.95. The first kappa shape index (κ1) is 9.19. The van der Waals surface area contributed by atoms with Gasteiger partial charge in [-0.1, -0.05) is 18.2 Å². The summed E-state index contributed by atoms with van der Waals surface area (Å²) < 4.78 is 18.4. The van der Waals surface area contributed by atoms with Gasteiger partial charge >= 0.3 is 0 Å². The first-order valence-electron chi connectivity index (χ1n) is 4.55. The molecule has 1 aliphatic rings. The van der Waals surface area contributed by atoms with E-state index < -0.39 is 12.3 Å². The van der Waals surface area contributed by atoms with Gasteiger partial charge in [0, 0.05) is 12.5 Å². The monoisotopic (exact) mass is 193 g/mol. The molecule has 2 nitrogen and oxygen atoms in total. The first-order chi connectivity index (χ1) is 6.65. The number of hydrogen-bond donors (Lipinski definition) is 0. The van der Waals surface area contributed by atoms with Crippen LogP contribution in [0.15, 0.2) is 29.3 Å². The zero-order valence-electron chi connectivity index (χ0n) is 8.25. The topological polar surface area (TPSA) is 21.6 Å². The average Bonchev–Trinajstić information content (AvgIpc) is 2.17. The maximum Gasteiger partial charge on any atom is 0.186 e. The third kappa shape index (κ3) is 1.29. The summed E-state index contributed by atoms with van der Waals surface area (Å²) in [5.41, 5.74) is 0.743. The fourth-order valence-corrected chi connectivity index (χ4v) is 1.69. The Balaban J connectivity index is 2.59. The lowest BCUT2D eigenvalue weighted by Crippen LogP contribution is -2.33. The Labute approximate surface area is 82.4 Å². The molecular weight excluding hydrogens is 181 g/mol. The molecule has 2 rings (SSSR count). The second-order valence-corrected chi connectivity index (χ2v) is 3.61. The maximum absolute atomic E-state index is 12.9. The molecule has 3 heteroatoms. The molecule has 0 saturated heterocycles. The Kier molecular flexibility index (Phi) is 2.02. The van der Waals surface area contributed by atoms with Crippen LogP contribution in [0.5, 0.6) is 0 Å². The van der Waals surface area contributed by atoms with Crippen molar-refractivity contribution < 1.29 is 9.13 Å². The van der Waals surface area contributed by atoms with Crippen LogP contribution in [0.2, 0.25) is 0 Å². The molecule has 1 heterocycles. The van der Waals surface area contributed by atoms with E-state index in [-0.39, 0.29) is 0 Å². The van der Waals surface area contributed by atoms with E-state index in [9.17, 15) is 4.39 Å². The highest BCUT2D eigenvalue weighted by molar-refractivity contribution is 5.80. The highest BCUT2D eigenvalue weighted by Crippen LogP contribution is 2.37. The number of rotatable bonds is 1. The summed E-state index contributed by atoms with van der Waals surface area (Å²) in [4.78, 5) is 4.22. The van der Waals surface area contributed by atoms with Gasteiger partial charge in [0.25, 0.3) is 0 Å². The van der Waals surface area contributed by atoms with Gasteiger partial charge in [0.15, 0.2) is 11.5 Å². The van der Waals surface area contributed by atoms with Gasteiger partial charge in [-0.05, 0) is 13.0 Å². The minimum absolute atomic E-state index is 0.517. The SMILES string of the molecule is CC1=Nc2ccccc2C(C)(CF)O1. The standard InChI is InChI=1S/C11H12FNO/c1-8-13-10-6-4-3-5-9(10)11(2,7-12)14-8/h3-6H,7H2,1-2H3. The number of halogens is 1. The Morgan fingerprint density at radius 1 is 1.43 bits per heavy atom. The number of alkyl halides is 1. The second-order valence-electron chi connectivity index (χ2n) is 3.61. The quantitative estimate of drug-likeness (QED) is 0.672. The van der Waals surface area contributed by atoms with Crippen molar-refractivity contribution in [2.45, 2.75) is 19.4 Å². The molecule has 0 aliphatic carbocycles. The van der Waals surface area contributed by atoms with Crippen molar-refractivity contribution in [3.63, 3.8) is 0 Å². The van der Waals surface area contributed by atoms with Crippen molar-refractivity contribution in [1.29, 1.82) is 0 Å². The molecular formula is C11H12FNO. The van der Waals surface area contributed by atoms with Crippen molar-refractivity contribution >= 4 is 11.6 Å². The summed E-state index contributed by atoms with van der Waals surface area (Å²) >= 11 is 0. The molecule has 1 unspecified atom stereocenters. The van der Waals surface area contributed by atoms with Crippen LogP contribution in [0, 0.1) is 0 Å². The van der Waals surface area contributed by atoms with Crippen molar-refractivity contribution in [1.82, 2.24) is 0 Å². The molecule has 14 heavy (non-hydrogen) atoms. The summed E-state index contributed by atoms with van der Waals surface area (Å²) in [6, 6.07) is 7.48. The van der Waals surface area contributed by atoms with E-state index in [1.54, 1.807) is 13.8 Å². The number of benzene rings is 1. The fourth-order valence-electron chi connectivity index (χ4n) is 1.69. The van der Waals surface area contributed by atoms with E-state index in [4.69, 9.17) is 4.74 Å². The minimum atomic E-state index is -0.873. The average molecular weight is 193 g/mol. The summed E-state index contributed by atoms with van der Waals surface area (Å²) in [6.07, 6.45) is 0. The molecule has 0 fully saturated rings. The van der Waals surface area contributed by atoms with E-state index >= 15 is 0 Å². The van der Waals surface area contributed by atoms with Gasteiger partial charge in [0.2, 0.25) is 0 Å². The summed E-state index contributed by atoms with van der Waals surface area (Å²) in [5.74, 6) is 0.517. The lowest BCUT2D eigenvalue weighted by atomic mass is 9.94. The zero-order valence-corrected chi connectivity index (χ0v) is 8.25. The van der Waals surface area contributed by atoms with Gasteiger partial charge in [-0.2, -0.15) is 0 Å². The molecule has 1 atom stereocenters. The number of para-hydroxylation sites is 1. The summed E-state index contributed by atoms with van der Waals surface area (Å²) in [7, 11) is 0. The van der Waals surface area contributed by atoms with Gasteiger partial charge in [0.1, 0.15) is 6.67 Å². The van der Waals surface area contributed by atoms with E-state index in [1.807, 2.05) is 24.3 Å². The number of nitrogens with zero attached hydrogens (tertiary/aromatic N) is 1. The molecule has 0 spiro atoms. The second kappa shape index (κ2) is 3.08. The zero-order chi connectivity index (χ0) is 10.2. The molecule has 1 aromatic carbocycles. The van der Waals surface area contributed by atoms with E-state index in [0.717, 1.165) is 11.3 Å². The molecule has 74 valence electrons. The molecule has 1 aromatic rings. The van der Waals surface area contributed by atoms with Crippen LogP contribution in [0.25, 0.3) is 0 Å². The lowest BCUT2D eigenvalue weighted by molar-refractivity contribution is 0.0404. The highest BCUT2D eigenvalue weighted by Gasteiger charge is 2.34. The van der Waals surface area contributed by atoms with Crippen LogP contribution < -0.4 is 0 Å². The van der Waals surface area contributed by atoms with Crippen LogP contribution in [-0.2, 0) is 10.3 Å². The van der Waals surface area contributed by atoms with Crippen LogP contribution in [0.1, 0.15) is 19.4 Å². The van der Waals surface area contributed by atoms with Gasteiger partial charge < -0.3 is 4.74 Å². The normalized spacial score (nSPS) is 24.9.